The molecule has 0 fully saturated rings. The minimum Gasteiger partial charge on any atom is -0.480 e. The molecule has 0 aromatic rings. The first-order valence-corrected chi connectivity index (χ1v) is 15.8. The highest BCUT2D eigenvalue weighted by atomic mass is 16.6. The Morgan fingerprint density at radius 3 is 1.69 bits per heavy atom. The van der Waals surface area contributed by atoms with Crippen molar-refractivity contribution in [2.24, 2.45) is 0 Å². The van der Waals surface area contributed by atoms with Gasteiger partial charge in [0.1, 0.15) is 17.7 Å². The minimum atomic E-state index is -1.36. The summed E-state index contributed by atoms with van der Waals surface area (Å²) in [5, 5.41) is 16.9. The number of methoxy groups -OCH3 is 1. The fourth-order valence-corrected chi connectivity index (χ4v) is 4.36. The van der Waals surface area contributed by atoms with Crippen LogP contribution in [-0.2, 0) is 28.7 Å². The summed E-state index contributed by atoms with van der Waals surface area (Å²) in [4.78, 5) is 60.4. The molecule has 11 nitrogen and oxygen atoms in total. The monoisotopic (exact) mass is 599 g/mol. The Morgan fingerprint density at radius 1 is 0.738 bits per heavy atom. The van der Waals surface area contributed by atoms with E-state index in [4.69, 9.17) is 4.74 Å². The zero-order valence-corrected chi connectivity index (χ0v) is 26.7. The van der Waals surface area contributed by atoms with Crippen molar-refractivity contribution in [3.05, 3.63) is 0 Å². The largest absolute Gasteiger partial charge is 0.480 e. The second-order valence-corrected chi connectivity index (χ2v) is 11.9. The van der Waals surface area contributed by atoms with Crippen LogP contribution in [0.1, 0.15) is 137 Å². The molecule has 0 heterocycles. The van der Waals surface area contributed by atoms with Crippen molar-refractivity contribution in [2.45, 2.75) is 155 Å². The topological polar surface area (TPSA) is 160 Å². The molecule has 0 rings (SSSR count). The molecule has 42 heavy (non-hydrogen) atoms. The summed E-state index contributed by atoms with van der Waals surface area (Å²) in [6.07, 6.45) is 15.4. The molecular weight excluding hydrogens is 542 g/mol. The van der Waals surface area contributed by atoms with Gasteiger partial charge in [-0.25, -0.2) is 9.59 Å². The molecule has 0 aromatic carbocycles. The molecule has 0 bridgehead atoms. The Hall–Kier alpha value is -2.85. The minimum absolute atomic E-state index is 0.230. The molecule has 0 radical (unpaired) electrons. The molecule has 0 aromatic heterocycles. The zero-order valence-electron chi connectivity index (χ0n) is 26.7. The van der Waals surface area contributed by atoms with Crippen molar-refractivity contribution in [3.8, 4) is 0 Å². The van der Waals surface area contributed by atoms with E-state index in [2.05, 4.69) is 27.6 Å². The molecule has 4 N–H and O–H groups in total. The predicted octanol–water partition coefficient (Wildman–Crippen LogP) is 5.39. The van der Waals surface area contributed by atoms with E-state index in [1.54, 1.807) is 20.8 Å². The summed E-state index contributed by atoms with van der Waals surface area (Å²) in [6, 6.07) is -2.52. The van der Waals surface area contributed by atoms with Crippen molar-refractivity contribution in [1.82, 2.24) is 16.0 Å². The number of nitrogens with one attached hydrogen (secondary N) is 3. The molecule has 0 aliphatic heterocycles. The molecule has 0 saturated heterocycles. The average molecular weight is 600 g/mol. The number of ether oxygens (including phenoxy) is 2. The lowest BCUT2D eigenvalue weighted by molar-refractivity contribution is -0.143. The normalized spacial score (nSPS) is 12.6. The number of rotatable bonds is 24. The van der Waals surface area contributed by atoms with Gasteiger partial charge in [-0.15, -0.1) is 0 Å². The first-order valence-electron chi connectivity index (χ1n) is 15.8. The van der Waals surface area contributed by atoms with Crippen molar-refractivity contribution in [1.29, 1.82) is 0 Å². The van der Waals surface area contributed by atoms with Crippen molar-refractivity contribution in [2.75, 3.05) is 13.7 Å². The van der Waals surface area contributed by atoms with Gasteiger partial charge in [0, 0.05) is 13.0 Å². The average Bonchev–Trinajstić information content (AvgIpc) is 2.91. The standard InChI is InChI=1S/C31H57N3O8/c1-6-7-8-9-10-11-12-13-14-15-16-17-18-19-22-32-28(37)25(23-27(36)41-5)33-26(35)21-20-24(29(38)39)34-30(40)42-31(2,3)4/h24-25H,6-23H2,1-5H3,(H,32,37)(H,33,35)(H,34,40)(H,38,39). The third-order valence-electron chi connectivity index (χ3n) is 6.73. The smallest absolute Gasteiger partial charge is 0.408 e. The summed E-state index contributed by atoms with van der Waals surface area (Å²) >= 11 is 0. The SMILES string of the molecule is CCCCCCCCCCCCCCCCNC(=O)C(CC(=O)OC)NC(=O)CCC(NC(=O)OC(C)(C)C)C(=O)O. The van der Waals surface area contributed by atoms with Crippen LogP contribution in [0.25, 0.3) is 0 Å². The van der Waals surface area contributed by atoms with Crippen LogP contribution in [0.3, 0.4) is 0 Å². The maximum absolute atomic E-state index is 12.7. The van der Waals surface area contributed by atoms with E-state index in [-0.39, 0.29) is 19.3 Å². The van der Waals surface area contributed by atoms with Gasteiger partial charge < -0.3 is 30.5 Å². The Balaban J connectivity index is 4.35. The first-order chi connectivity index (χ1) is 19.9. The molecule has 0 saturated carbocycles. The predicted molar refractivity (Wildman–Crippen MR) is 162 cm³/mol. The number of carboxylic acids is 1. The lowest BCUT2D eigenvalue weighted by atomic mass is 10.0. The first kappa shape index (κ1) is 39.1. The molecule has 0 aliphatic rings. The Morgan fingerprint density at radius 2 is 1.24 bits per heavy atom. The van der Waals surface area contributed by atoms with Gasteiger partial charge >= 0.3 is 18.0 Å². The molecule has 244 valence electrons. The molecule has 2 unspecified atom stereocenters. The lowest BCUT2D eigenvalue weighted by Crippen LogP contribution is -2.49. The number of carbonyl (C=O) groups excluding carboxylic acids is 4. The van der Waals surface area contributed by atoms with Crippen molar-refractivity contribution in [3.63, 3.8) is 0 Å². The van der Waals surface area contributed by atoms with Crippen LogP contribution in [0, 0.1) is 0 Å². The number of hydrogen-bond donors (Lipinski definition) is 4. The van der Waals surface area contributed by atoms with E-state index in [9.17, 15) is 29.1 Å². The summed E-state index contributed by atoms with van der Waals surface area (Å²) in [5.74, 6) is -3.13. The van der Waals surface area contributed by atoms with Gasteiger partial charge in [-0.2, -0.15) is 0 Å². The van der Waals surface area contributed by atoms with E-state index < -0.39 is 47.5 Å². The number of hydrogen-bond acceptors (Lipinski definition) is 7. The van der Waals surface area contributed by atoms with Crippen LogP contribution in [0.15, 0.2) is 0 Å². The molecule has 3 amide bonds. The maximum atomic E-state index is 12.7. The Labute approximate surface area is 252 Å². The number of esters is 1. The summed E-state index contributed by atoms with van der Waals surface area (Å²) in [7, 11) is 1.19. The fraction of sp³-hybridized carbons (Fsp3) is 0.839. The van der Waals surface area contributed by atoms with E-state index in [0.717, 1.165) is 19.3 Å². The molecule has 0 aliphatic carbocycles. The summed E-state index contributed by atoms with van der Waals surface area (Å²) in [5.41, 5.74) is -0.814. The zero-order chi connectivity index (χ0) is 31.8. The van der Waals surface area contributed by atoms with Gasteiger partial charge in [-0.05, 0) is 33.6 Å². The van der Waals surface area contributed by atoms with Crippen molar-refractivity contribution >= 4 is 29.8 Å². The highest BCUT2D eigenvalue weighted by Gasteiger charge is 2.27. The number of amides is 3. The highest BCUT2D eigenvalue weighted by molar-refractivity contribution is 5.91. The Bertz CT molecular complexity index is 798. The third kappa shape index (κ3) is 22.8. The number of carbonyl (C=O) groups is 5. The molecular formula is C31H57N3O8. The second kappa shape index (κ2) is 23.7. The van der Waals surface area contributed by atoms with Crippen LogP contribution in [0.2, 0.25) is 0 Å². The van der Waals surface area contributed by atoms with Crippen molar-refractivity contribution < 1.29 is 38.6 Å². The number of alkyl carbamates (subject to hydrolysis) is 1. The van der Waals surface area contributed by atoms with Gasteiger partial charge in [-0.1, -0.05) is 90.4 Å². The van der Waals surface area contributed by atoms with Gasteiger partial charge in [0.05, 0.1) is 13.5 Å². The molecule has 11 heteroatoms. The lowest BCUT2D eigenvalue weighted by Gasteiger charge is -2.22. The Kier molecular flexibility index (Phi) is 22.1. The van der Waals surface area contributed by atoms with Gasteiger partial charge in [-0.3, -0.25) is 14.4 Å². The van der Waals surface area contributed by atoms with Crippen LogP contribution in [-0.4, -0.2) is 66.3 Å². The number of aliphatic carboxylic acids is 1. The van der Waals surface area contributed by atoms with E-state index in [1.165, 1.54) is 77.7 Å². The van der Waals surface area contributed by atoms with E-state index >= 15 is 0 Å². The maximum Gasteiger partial charge on any atom is 0.408 e. The third-order valence-corrected chi connectivity index (χ3v) is 6.73. The van der Waals surface area contributed by atoms with Crippen LogP contribution < -0.4 is 16.0 Å². The van der Waals surface area contributed by atoms with E-state index in [0.29, 0.717) is 6.54 Å². The van der Waals surface area contributed by atoms with Gasteiger partial charge in [0.2, 0.25) is 11.8 Å². The van der Waals surface area contributed by atoms with Crippen LogP contribution in [0.5, 0.6) is 0 Å². The number of carboxylic acid groups (broad SMARTS) is 1. The molecule has 0 spiro atoms. The summed E-state index contributed by atoms with van der Waals surface area (Å²) in [6.45, 7) is 7.58. The highest BCUT2D eigenvalue weighted by Crippen LogP contribution is 2.13. The quantitative estimate of drug-likeness (QED) is 0.0848. The number of unbranched alkanes of at least 4 members (excludes halogenated alkanes) is 13. The van der Waals surface area contributed by atoms with Gasteiger partial charge in [0.25, 0.3) is 0 Å². The molecule has 2 atom stereocenters. The van der Waals surface area contributed by atoms with Crippen LogP contribution in [0.4, 0.5) is 4.79 Å². The van der Waals surface area contributed by atoms with Crippen LogP contribution >= 0.6 is 0 Å². The fourth-order valence-electron chi connectivity index (χ4n) is 4.36. The van der Waals surface area contributed by atoms with E-state index in [1.807, 2.05) is 0 Å². The second-order valence-electron chi connectivity index (χ2n) is 11.9. The summed E-state index contributed by atoms with van der Waals surface area (Å²) < 4.78 is 9.71. The van der Waals surface area contributed by atoms with Gasteiger partial charge in [0.15, 0.2) is 0 Å².